The number of amides is 2. The van der Waals surface area contributed by atoms with Crippen molar-refractivity contribution in [2.45, 2.75) is 45.3 Å². The lowest BCUT2D eigenvalue weighted by Gasteiger charge is -2.25. The minimum Gasteiger partial charge on any atom is -0.480 e. The van der Waals surface area contributed by atoms with Crippen molar-refractivity contribution in [3.63, 3.8) is 0 Å². The third-order valence-corrected chi connectivity index (χ3v) is 3.91. The van der Waals surface area contributed by atoms with E-state index >= 15 is 0 Å². The maximum atomic E-state index is 12.3. The van der Waals surface area contributed by atoms with E-state index < -0.39 is 12.0 Å². The molecule has 18 heavy (non-hydrogen) atoms. The second kappa shape index (κ2) is 4.59. The molecule has 0 radical (unpaired) electrons. The van der Waals surface area contributed by atoms with Crippen LogP contribution in [0, 0.1) is 5.92 Å². The first-order valence-electron chi connectivity index (χ1n) is 6.30. The van der Waals surface area contributed by atoms with Crippen molar-refractivity contribution in [3.8, 4) is 0 Å². The maximum absolute atomic E-state index is 12.3. The monoisotopic (exact) mass is 254 g/mol. The van der Waals surface area contributed by atoms with Gasteiger partial charge < -0.3 is 14.9 Å². The number of rotatable bonds is 4. The van der Waals surface area contributed by atoms with Crippen LogP contribution in [0.1, 0.15) is 33.1 Å². The Balaban J connectivity index is 2.28. The van der Waals surface area contributed by atoms with Crippen LogP contribution in [0.5, 0.6) is 0 Å². The number of nitrogens with zero attached hydrogens (tertiary/aromatic N) is 2. The van der Waals surface area contributed by atoms with Gasteiger partial charge in [0, 0.05) is 6.42 Å². The van der Waals surface area contributed by atoms with Crippen LogP contribution in [-0.4, -0.2) is 51.4 Å². The molecule has 2 amide bonds. The van der Waals surface area contributed by atoms with Gasteiger partial charge in [-0.3, -0.25) is 14.4 Å². The normalized spacial score (nSPS) is 28.8. The molecule has 1 N–H and O–H groups in total. The van der Waals surface area contributed by atoms with Gasteiger partial charge in [0.05, 0.1) is 0 Å². The van der Waals surface area contributed by atoms with Crippen LogP contribution in [0.3, 0.4) is 0 Å². The third kappa shape index (κ3) is 1.85. The van der Waals surface area contributed by atoms with Crippen molar-refractivity contribution in [1.82, 2.24) is 9.80 Å². The first-order chi connectivity index (χ1) is 8.47. The topological polar surface area (TPSA) is 77.9 Å². The van der Waals surface area contributed by atoms with E-state index in [1.165, 1.54) is 4.90 Å². The van der Waals surface area contributed by atoms with Crippen LogP contribution in [0.15, 0.2) is 0 Å². The zero-order chi connectivity index (χ0) is 13.4. The number of fused-ring (bicyclic) bond motifs is 1. The van der Waals surface area contributed by atoms with Crippen LogP contribution in [0.2, 0.25) is 0 Å². The molecule has 0 unspecified atom stereocenters. The average molecular weight is 254 g/mol. The molecule has 3 atom stereocenters. The summed E-state index contributed by atoms with van der Waals surface area (Å²) in [6.45, 7) is 3.57. The molecule has 0 spiro atoms. The molecule has 0 bridgehead atoms. The highest BCUT2D eigenvalue weighted by atomic mass is 16.4. The van der Waals surface area contributed by atoms with Gasteiger partial charge in [0.25, 0.3) is 0 Å². The summed E-state index contributed by atoms with van der Waals surface area (Å²) in [4.78, 5) is 37.9. The van der Waals surface area contributed by atoms with E-state index in [0.29, 0.717) is 12.8 Å². The molecule has 0 saturated carbocycles. The summed E-state index contributed by atoms with van der Waals surface area (Å²) in [6.07, 6.45) is 1.39. The first-order valence-corrected chi connectivity index (χ1v) is 6.30. The Bertz CT molecular complexity index is 396. The number of carbonyl (C=O) groups is 3. The molecule has 0 aromatic heterocycles. The zero-order valence-electron chi connectivity index (χ0n) is 10.6. The van der Waals surface area contributed by atoms with E-state index in [0.717, 1.165) is 6.42 Å². The lowest BCUT2D eigenvalue weighted by Crippen LogP contribution is -2.41. The lowest BCUT2D eigenvalue weighted by molar-refractivity contribution is -0.144. The van der Waals surface area contributed by atoms with Gasteiger partial charge in [0.1, 0.15) is 18.8 Å². The summed E-state index contributed by atoms with van der Waals surface area (Å²) in [5.74, 6) is -1.23. The molecule has 2 rings (SSSR count). The molecule has 0 aromatic rings. The van der Waals surface area contributed by atoms with E-state index in [-0.39, 0.29) is 30.4 Å². The van der Waals surface area contributed by atoms with Crippen LogP contribution < -0.4 is 0 Å². The summed E-state index contributed by atoms with van der Waals surface area (Å²) in [5.41, 5.74) is 0. The number of aliphatic carboxylic acids is 1. The Hall–Kier alpha value is -1.59. The lowest BCUT2D eigenvalue weighted by atomic mass is 9.98. The maximum Gasteiger partial charge on any atom is 0.323 e. The fraction of sp³-hybridized carbons (Fsp3) is 0.750. The molecule has 0 aromatic carbocycles. The van der Waals surface area contributed by atoms with Gasteiger partial charge in [-0.2, -0.15) is 0 Å². The Morgan fingerprint density at radius 1 is 1.50 bits per heavy atom. The minimum absolute atomic E-state index is 0.0356. The molecular formula is C12H18N2O4. The highest BCUT2D eigenvalue weighted by Gasteiger charge is 2.53. The van der Waals surface area contributed by atoms with Gasteiger partial charge >= 0.3 is 5.97 Å². The molecule has 100 valence electrons. The quantitative estimate of drug-likeness (QED) is 0.781. The van der Waals surface area contributed by atoms with Gasteiger partial charge in [-0.05, 0) is 12.3 Å². The van der Waals surface area contributed by atoms with Crippen LogP contribution >= 0.6 is 0 Å². The fourth-order valence-corrected chi connectivity index (χ4v) is 2.84. The van der Waals surface area contributed by atoms with Crippen molar-refractivity contribution < 1.29 is 19.5 Å². The van der Waals surface area contributed by atoms with Crippen LogP contribution in [0.4, 0.5) is 0 Å². The smallest absolute Gasteiger partial charge is 0.323 e. The van der Waals surface area contributed by atoms with Crippen molar-refractivity contribution >= 4 is 17.8 Å². The number of carboxylic acids is 1. The van der Waals surface area contributed by atoms with E-state index in [2.05, 4.69) is 0 Å². The Kier molecular flexibility index (Phi) is 3.28. The largest absolute Gasteiger partial charge is 0.480 e. The van der Waals surface area contributed by atoms with Crippen LogP contribution in [0.25, 0.3) is 0 Å². The summed E-state index contributed by atoms with van der Waals surface area (Å²) in [6, 6.07) is -0.477. The molecule has 2 aliphatic heterocycles. The fourth-order valence-electron chi connectivity index (χ4n) is 2.84. The van der Waals surface area contributed by atoms with Gasteiger partial charge in [-0.15, -0.1) is 0 Å². The molecule has 2 aliphatic rings. The predicted octanol–water partition coefficient (Wildman–Crippen LogP) is 0.276. The zero-order valence-corrected chi connectivity index (χ0v) is 10.6. The molecular weight excluding hydrogens is 236 g/mol. The van der Waals surface area contributed by atoms with E-state index in [9.17, 15) is 14.4 Å². The van der Waals surface area contributed by atoms with E-state index in [1.54, 1.807) is 4.90 Å². The van der Waals surface area contributed by atoms with Crippen molar-refractivity contribution in [2.24, 2.45) is 5.92 Å². The standard InChI is InChI=1S/C12H18N2O4/c1-3-7(2)11-12(18)13(6-10(16)17)8-4-5-9(15)14(8)11/h7-8,11H,3-6H2,1-2H3,(H,16,17)/t7-,8-,11-/m0/s1. The second-order valence-corrected chi connectivity index (χ2v) is 5.01. The molecule has 2 fully saturated rings. The second-order valence-electron chi connectivity index (χ2n) is 5.01. The highest BCUT2D eigenvalue weighted by Crippen LogP contribution is 2.35. The van der Waals surface area contributed by atoms with Crippen LogP contribution in [-0.2, 0) is 14.4 Å². The summed E-state index contributed by atoms with van der Waals surface area (Å²) in [7, 11) is 0. The molecule has 2 heterocycles. The summed E-state index contributed by atoms with van der Waals surface area (Å²) >= 11 is 0. The summed E-state index contributed by atoms with van der Waals surface area (Å²) < 4.78 is 0. The Labute approximate surface area is 106 Å². The van der Waals surface area contributed by atoms with Gasteiger partial charge in [-0.1, -0.05) is 20.3 Å². The summed E-state index contributed by atoms with van der Waals surface area (Å²) in [5, 5.41) is 8.86. The van der Waals surface area contributed by atoms with Gasteiger partial charge in [-0.25, -0.2) is 0 Å². The average Bonchev–Trinajstić information content (AvgIpc) is 2.79. The molecule has 6 heteroatoms. The SMILES string of the molecule is CC[C@H](C)[C@H]1C(=O)N(CC(=O)O)[C@@H]2CCC(=O)N12. The molecule has 0 aliphatic carbocycles. The van der Waals surface area contributed by atoms with Gasteiger partial charge in [0.2, 0.25) is 11.8 Å². The number of carboxylic acid groups (broad SMARTS) is 1. The van der Waals surface area contributed by atoms with Crippen molar-refractivity contribution in [2.75, 3.05) is 6.54 Å². The number of hydrogen-bond acceptors (Lipinski definition) is 3. The highest BCUT2D eigenvalue weighted by molar-refractivity contribution is 5.94. The number of carbonyl (C=O) groups excluding carboxylic acids is 2. The Morgan fingerprint density at radius 3 is 2.72 bits per heavy atom. The van der Waals surface area contributed by atoms with E-state index in [4.69, 9.17) is 5.11 Å². The Morgan fingerprint density at radius 2 is 2.17 bits per heavy atom. The van der Waals surface area contributed by atoms with Crippen molar-refractivity contribution in [1.29, 1.82) is 0 Å². The third-order valence-electron chi connectivity index (χ3n) is 3.91. The molecule has 2 saturated heterocycles. The predicted molar refractivity (Wildman–Crippen MR) is 62.5 cm³/mol. The number of hydrogen-bond donors (Lipinski definition) is 1. The van der Waals surface area contributed by atoms with Gasteiger partial charge in [0.15, 0.2) is 0 Å². The first kappa shape index (κ1) is 12.9. The minimum atomic E-state index is -1.03. The van der Waals surface area contributed by atoms with E-state index in [1.807, 2.05) is 13.8 Å². The molecule has 6 nitrogen and oxygen atoms in total. The van der Waals surface area contributed by atoms with Crippen molar-refractivity contribution in [3.05, 3.63) is 0 Å².